The highest BCUT2D eigenvalue weighted by Gasteiger charge is 2.41. The van der Waals surface area contributed by atoms with Crippen molar-refractivity contribution in [2.45, 2.75) is 44.2 Å². The molecule has 2 aliphatic rings. The number of aliphatic imine (C=N–C) groups is 1. The quantitative estimate of drug-likeness (QED) is 0.731. The highest BCUT2D eigenvalue weighted by molar-refractivity contribution is 6.30. The monoisotopic (exact) mass is 382 g/mol. The molecule has 0 unspecified atom stereocenters. The maximum Gasteiger partial charge on any atom is 0.127 e. The molecule has 1 aliphatic carbocycles. The molecule has 0 radical (unpaired) electrons. The smallest absolute Gasteiger partial charge is 0.127 e. The molecule has 1 aliphatic heterocycles. The molecule has 4 rings (SSSR count). The molecule has 0 amide bonds. The highest BCUT2D eigenvalue weighted by atomic mass is 35.5. The van der Waals surface area contributed by atoms with Crippen LogP contribution in [0, 0.1) is 0 Å². The van der Waals surface area contributed by atoms with E-state index in [-0.39, 0.29) is 5.54 Å². The Morgan fingerprint density at radius 3 is 2.59 bits per heavy atom. The minimum Gasteiger partial charge on any atom is -0.376 e. The first-order valence-electron chi connectivity index (χ1n) is 9.72. The third-order valence-electron chi connectivity index (χ3n) is 5.61. The van der Waals surface area contributed by atoms with Crippen LogP contribution in [0.25, 0.3) is 0 Å². The van der Waals surface area contributed by atoms with Crippen LogP contribution < -0.4 is 15.5 Å². The van der Waals surface area contributed by atoms with E-state index in [4.69, 9.17) is 16.6 Å². The van der Waals surface area contributed by atoms with Crippen LogP contribution in [0.5, 0.6) is 0 Å². The minimum absolute atomic E-state index is 0.101. The maximum atomic E-state index is 6.14. The van der Waals surface area contributed by atoms with E-state index < -0.39 is 0 Å². The number of hydrogen-bond donors (Lipinski definition) is 2. The van der Waals surface area contributed by atoms with Crippen LogP contribution in [0.15, 0.2) is 47.5 Å². The summed E-state index contributed by atoms with van der Waals surface area (Å²) in [6.07, 6.45) is 5.97. The fourth-order valence-electron chi connectivity index (χ4n) is 4.21. The summed E-state index contributed by atoms with van der Waals surface area (Å²) in [5, 5.41) is 8.32. The summed E-state index contributed by atoms with van der Waals surface area (Å²) in [5.74, 6) is 1.06. The zero-order chi connectivity index (χ0) is 18.9. The summed E-state index contributed by atoms with van der Waals surface area (Å²) < 4.78 is 0. The van der Waals surface area contributed by atoms with E-state index in [9.17, 15) is 0 Å². The van der Waals surface area contributed by atoms with Crippen LogP contribution >= 0.6 is 11.6 Å². The van der Waals surface area contributed by atoms with Crippen molar-refractivity contribution >= 4 is 34.5 Å². The third kappa shape index (κ3) is 3.63. The molecular formula is C22H27ClN4. The molecular weight excluding hydrogens is 356 g/mol. The van der Waals surface area contributed by atoms with Crippen molar-refractivity contribution < 1.29 is 0 Å². The van der Waals surface area contributed by atoms with Crippen molar-refractivity contribution in [3.63, 3.8) is 0 Å². The predicted molar refractivity (Wildman–Crippen MR) is 116 cm³/mol. The van der Waals surface area contributed by atoms with E-state index in [2.05, 4.69) is 53.9 Å². The van der Waals surface area contributed by atoms with Crippen molar-refractivity contribution in [2.75, 3.05) is 29.6 Å². The van der Waals surface area contributed by atoms with Gasteiger partial charge in [0.2, 0.25) is 0 Å². The lowest BCUT2D eigenvalue weighted by molar-refractivity contribution is 0.403. The third-order valence-corrected chi connectivity index (χ3v) is 5.85. The number of para-hydroxylation sites is 1. The molecule has 2 N–H and O–H groups in total. The molecule has 1 fully saturated rings. The number of rotatable bonds is 3. The zero-order valence-electron chi connectivity index (χ0n) is 16.1. The number of halogens is 1. The lowest BCUT2D eigenvalue weighted by Gasteiger charge is -2.45. The van der Waals surface area contributed by atoms with E-state index in [1.165, 1.54) is 30.6 Å². The zero-order valence-corrected chi connectivity index (χ0v) is 16.8. The molecule has 2 aromatic rings. The van der Waals surface area contributed by atoms with Gasteiger partial charge in [-0.15, -0.1) is 0 Å². The summed E-state index contributed by atoms with van der Waals surface area (Å²) in [5.41, 5.74) is 4.53. The van der Waals surface area contributed by atoms with Gasteiger partial charge in [-0.2, -0.15) is 0 Å². The Balaban J connectivity index is 1.71. The van der Waals surface area contributed by atoms with Gasteiger partial charge in [-0.25, -0.2) is 0 Å². The van der Waals surface area contributed by atoms with Gasteiger partial charge in [0, 0.05) is 19.1 Å². The fourth-order valence-corrected chi connectivity index (χ4v) is 4.42. The topological polar surface area (TPSA) is 39.7 Å². The molecule has 142 valence electrons. The van der Waals surface area contributed by atoms with Crippen molar-refractivity contribution in [2.24, 2.45) is 4.99 Å². The second-order valence-corrected chi connectivity index (χ2v) is 8.22. The Labute approximate surface area is 166 Å². The average Bonchev–Trinajstić information content (AvgIpc) is 2.66. The second-order valence-electron chi connectivity index (χ2n) is 7.78. The number of amidine groups is 1. The van der Waals surface area contributed by atoms with Crippen molar-refractivity contribution in [3.8, 4) is 0 Å². The number of benzene rings is 2. The Kier molecular flexibility index (Phi) is 5.00. The van der Waals surface area contributed by atoms with Gasteiger partial charge in [0.15, 0.2) is 0 Å². The number of nitrogens with one attached hydrogen (secondary N) is 2. The van der Waals surface area contributed by atoms with E-state index >= 15 is 0 Å². The summed E-state index contributed by atoms with van der Waals surface area (Å²) >= 11 is 6.14. The average molecular weight is 383 g/mol. The van der Waals surface area contributed by atoms with E-state index in [0.717, 1.165) is 35.0 Å². The van der Waals surface area contributed by atoms with Crippen LogP contribution in [-0.2, 0) is 6.54 Å². The molecule has 1 heterocycles. The summed E-state index contributed by atoms with van der Waals surface area (Å²) in [7, 11) is 4.18. The van der Waals surface area contributed by atoms with Gasteiger partial charge in [0.25, 0.3) is 0 Å². The number of nitrogens with zero attached hydrogens (tertiary/aromatic N) is 2. The Morgan fingerprint density at radius 1 is 1.07 bits per heavy atom. The predicted octanol–water partition coefficient (Wildman–Crippen LogP) is 5.55. The van der Waals surface area contributed by atoms with Gasteiger partial charge < -0.3 is 15.5 Å². The van der Waals surface area contributed by atoms with Gasteiger partial charge >= 0.3 is 0 Å². The number of fused-ring (bicyclic) bond motifs is 1. The Morgan fingerprint density at radius 2 is 1.85 bits per heavy atom. The Bertz CT molecular complexity index is 853. The normalized spacial score (nSPS) is 19.3. The van der Waals surface area contributed by atoms with Crippen LogP contribution in [0.1, 0.15) is 37.7 Å². The van der Waals surface area contributed by atoms with E-state index in [0.29, 0.717) is 6.54 Å². The SMILES string of the molecule is CN(C)c1cccc2c1NC1(CCCCC1)C(=NCc1cccc(Cl)c1)N2. The van der Waals surface area contributed by atoms with Gasteiger partial charge in [0.05, 0.1) is 29.1 Å². The Hall–Kier alpha value is -2.20. The van der Waals surface area contributed by atoms with Crippen LogP contribution in [0.4, 0.5) is 17.1 Å². The molecule has 27 heavy (non-hydrogen) atoms. The van der Waals surface area contributed by atoms with Gasteiger partial charge in [-0.05, 0) is 42.7 Å². The van der Waals surface area contributed by atoms with E-state index in [1.54, 1.807) is 0 Å². The molecule has 5 heteroatoms. The molecule has 0 saturated heterocycles. The standard InChI is InChI=1S/C22H27ClN4/c1-27(2)19-11-7-10-18-20(19)26-22(12-4-3-5-13-22)21(25-18)24-15-16-8-6-9-17(23)14-16/h6-11,14,26H,3-5,12-13,15H2,1-2H3,(H,24,25). The number of hydrogen-bond acceptors (Lipinski definition) is 3. The molecule has 4 nitrogen and oxygen atoms in total. The highest BCUT2D eigenvalue weighted by Crippen LogP contribution is 2.43. The lowest BCUT2D eigenvalue weighted by atomic mass is 9.79. The van der Waals surface area contributed by atoms with Crippen molar-refractivity contribution in [3.05, 3.63) is 53.1 Å². The van der Waals surface area contributed by atoms with Crippen molar-refractivity contribution in [1.29, 1.82) is 0 Å². The molecule has 0 atom stereocenters. The molecule has 1 saturated carbocycles. The molecule has 0 aromatic heterocycles. The second kappa shape index (κ2) is 7.43. The largest absolute Gasteiger partial charge is 0.376 e. The summed E-state index contributed by atoms with van der Waals surface area (Å²) in [6.45, 7) is 0.634. The molecule has 1 spiro atoms. The molecule has 2 aromatic carbocycles. The summed E-state index contributed by atoms with van der Waals surface area (Å²) in [4.78, 5) is 7.18. The van der Waals surface area contributed by atoms with Gasteiger partial charge in [-0.3, -0.25) is 4.99 Å². The first-order chi connectivity index (χ1) is 13.1. The van der Waals surface area contributed by atoms with Crippen molar-refractivity contribution in [1.82, 2.24) is 0 Å². The number of anilines is 3. The summed E-state index contributed by atoms with van der Waals surface area (Å²) in [6, 6.07) is 14.3. The molecule has 0 bridgehead atoms. The van der Waals surface area contributed by atoms with Gasteiger partial charge in [-0.1, -0.05) is 49.1 Å². The minimum atomic E-state index is -0.101. The van der Waals surface area contributed by atoms with Gasteiger partial charge in [0.1, 0.15) is 5.84 Å². The first-order valence-corrected chi connectivity index (χ1v) is 10.1. The fraction of sp³-hybridized carbons (Fsp3) is 0.409. The van der Waals surface area contributed by atoms with Crippen LogP contribution in [-0.4, -0.2) is 25.5 Å². The lowest BCUT2D eigenvalue weighted by Crippen LogP contribution is -2.54. The first kappa shape index (κ1) is 18.2. The van der Waals surface area contributed by atoms with Crippen LogP contribution in [0.3, 0.4) is 0 Å². The van der Waals surface area contributed by atoms with E-state index in [1.807, 2.05) is 18.2 Å². The van der Waals surface area contributed by atoms with Crippen LogP contribution in [0.2, 0.25) is 5.02 Å². The maximum absolute atomic E-state index is 6.14.